The van der Waals surface area contributed by atoms with Gasteiger partial charge in [-0.1, -0.05) is 0 Å². The van der Waals surface area contributed by atoms with E-state index < -0.39 is 0 Å². The van der Waals surface area contributed by atoms with E-state index in [9.17, 15) is 0 Å². The van der Waals surface area contributed by atoms with E-state index >= 15 is 0 Å². The van der Waals surface area contributed by atoms with E-state index in [0.717, 1.165) is 19.3 Å². The quantitative estimate of drug-likeness (QED) is 0.264. The van der Waals surface area contributed by atoms with Gasteiger partial charge in [0.05, 0.1) is 0 Å². The van der Waals surface area contributed by atoms with Crippen LogP contribution in [-0.2, 0) is 0 Å². The third-order valence-electron chi connectivity index (χ3n) is 2.66. The van der Waals surface area contributed by atoms with E-state index in [1.54, 1.807) is 0 Å². The lowest BCUT2D eigenvalue weighted by Gasteiger charge is -2.22. The van der Waals surface area contributed by atoms with Gasteiger partial charge in [0.15, 0.2) is 0 Å². The Morgan fingerprint density at radius 3 is 1.50 bits per heavy atom. The maximum absolute atomic E-state index is 5.95. The highest BCUT2D eigenvalue weighted by atomic mass is 14.8. The maximum Gasteiger partial charge on any atom is 0.0177 e. The van der Waals surface area contributed by atoms with Crippen LogP contribution in [0, 0.1) is 0 Å². The van der Waals surface area contributed by atoms with Gasteiger partial charge in [0.25, 0.3) is 0 Å². The lowest BCUT2D eigenvalue weighted by molar-refractivity contribution is 0.418. The first-order chi connectivity index (χ1) is 7.49. The first kappa shape index (κ1) is 15.8. The summed E-state index contributed by atoms with van der Waals surface area (Å²) in [5, 5.41) is 0. The summed E-state index contributed by atoms with van der Waals surface area (Å²) in [5.74, 6) is 0. The zero-order valence-electron chi connectivity index (χ0n) is 10.0. The van der Waals surface area contributed by atoms with Crippen molar-refractivity contribution in [2.24, 2.45) is 34.4 Å². The van der Waals surface area contributed by atoms with Crippen LogP contribution in [0.25, 0.3) is 0 Å². The van der Waals surface area contributed by atoms with E-state index in [1.165, 1.54) is 0 Å². The van der Waals surface area contributed by atoms with E-state index in [2.05, 4.69) is 0 Å². The molecule has 0 aromatic carbocycles. The maximum atomic E-state index is 5.95. The molecule has 0 rings (SSSR count). The molecule has 0 bridgehead atoms. The van der Waals surface area contributed by atoms with Crippen LogP contribution in [0.2, 0.25) is 0 Å². The van der Waals surface area contributed by atoms with Gasteiger partial charge in [-0.2, -0.15) is 0 Å². The molecule has 0 saturated heterocycles. The zero-order valence-corrected chi connectivity index (χ0v) is 10.0. The average molecular weight is 232 g/mol. The molecular formula is C10H28N6. The molecule has 4 unspecified atom stereocenters. The second kappa shape index (κ2) is 8.86. The van der Waals surface area contributed by atoms with Crippen LogP contribution >= 0.6 is 0 Å². The second-order valence-corrected chi connectivity index (χ2v) is 4.56. The molecule has 0 aliphatic carbocycles. The lowest BCUT2D eigenvalue weighted by atomic mass is 9.96. The van der Waals surface area contributed by atoms with Gasteiger partial charge in [0.1, 0.15) is 0 Å². The number of rotatable bonds is 9. The fourth-order valence-corrected chi connectivity index (χ4v) is 1.79. The second-order valence-electron chi connectivity index (χ2n) is 4.56. The predicted octanol–water partition coefficient (Wildman–Crippen LogP) is -2.23. The number of hydrogen-bond acceptors (Lipinski definition) is 6. The summed E-state index contributed by atoms with van der Waals surface area (Å²) < 4.78 is 0. The highest BCUT2D eigenvalue weighted by molar-refractivity contribution is 4.78. The highest BCUT2D eigenvalue weighted by Gasteiger charge is 2.14. The Kier molecular flexibility index (Phi) is 8.73. The van der Waals surface area contributed by atoms with Crippen molar-refractivity contribution in [3.63, 3.8) is 0 Å². The van der Waals surface area contributed by atoms with Crippen molar-refractivity contribution in [1.29, 1.82) is 0 Å². The molecule has 0 aliphatic rings. The van der Waals surface area contributed by atoms with Gasteiger partial charge in [0, 0.05) is 30.7 Å². The summed E-state index contributed by atoms with van der Waals surface area (Å²) in [6.07, 6.45) is 2.98. The Morgan fingerprint density at radius 1 is 0.625 bits per heavy atom. The Labute approximate surface area is 98.1 Å². The number of hydrogen-bond donors (Lipinski definition) is 6. The van der Waals surface area contributed by atoms with Gasteiger partial charge in [-0.05, 0) is 32.2 Å². The fraction of sp³-hybridized carbons (Fsp3) is 1.00. The van der Waals surface area contributed by atoms with Crippen LogP contribution in [0.3, 0.4) is 0 Å². The minimum Gasteiger partial charge on any atom is -0.330 e. The molecule has 0 aromatic heterocycles. The normalized spacial score (nSPS) is 19.1. The van der Waals surface area contributed by atoms with Gasteiger partial charge < -0.3 is 34.4 Å². The minimum absolute atomic E-state index is 0.00127. The van der Waals surface area contributed by atoms with Crippen molar-refractivity contribution >= 4 is 0 Å². The van der Waals surface area contributed by atoms with E-state index in [-0.39, 0.29) is 24.2 Å². The molecule has 0 radical (unpaired) electrons. The largest absolute Gasteiger partial charge is 0.330 e. The molecule has 16 heavy (non-hydrogen) atoms. The Bertz CT molecular complexity index is 165. The van der Waals surface area contributed by atoms with Gasteiger partial charge in [-0.25, -0.2) is 0 Å². The van der Waals surface area contributed by atoms with E-state index in [4.69, 9.17) is 34.4 Å². The van der Waals surface area contributed by atoms with E-state index in [1.807, 2.05) is 0 Å². The number of nitrogens with two attached hydrogens (primary N) is 6. The average Bonchev–Trinajstić information content (AvgIpc) is 2.16. The summed E-state index contributed by atoms with van der Waals surface area (Å²) in [6.45, 7) is 1.05. The SMILES string of the molecule is NCCC(N)CC(N)CC(N)CC(N)CN. The van der Waals surface area contributed by atoms with E-state index in [0.29, 0.717) is 19.5 Å². The van der Waals surface area contributed by atoms with Crippen molar-refractivity contribution in [2.45, 2.75) is 49.9 Å². The standard InChI is InChI=1S/C10H28N6/c11-2-1-7(13)3-8(14)4-9(15)5-10(16)6-12/h7-10H,1-6,11-16H2. The van der Waals surface area contributed by atoms with Crippen molar-refractivity contribution in [1.82, 2.24) is 0 Å². The topological polar surface area (TPSA) is 156 Å². The smallest absolute Gasteiger partial charge is 0.0177 e. The Balaban J connectivity index is 3.72. The van der Waals surface area contributed by atoms with Crippen LogP contribution in [0.1, 0.15) is 25.7 Å². The molecule has 6 heteroatoms. The Morgan fingerprint density at radius 2 is 1.06 bits per heavy atom. The van der Waals surface area contributed by atoms with Crippen molar-refractivity contribution < 1.29 is 0 Å². The minimum atomic E-state index is -0.0417. The van der Waals surface area contributed by atoms with Crippen molar-refractivity contribution in [3.8, 4) is 0 Å². The van der Waals surface area contributed by atoms with Gasteiger partial charge in [-0.3, -0.25) is 0 Å². The highest BCUT2D eigenvalue weighted by Crippen LogP contribution is 2.06. The summed E-state index contributed by atoms with van der Waals surface area (Å²) in [4.78, 5) is 0. The third-order valence-corrected chi connectivity index (χ3v) is 2.66. The first-order valence-corrected chi connectivity index (χ1v) is 5.92. The zero-order chi connectivity index (χ0) is 12.6. The summed E-state index contributed by atoms with van der Waals surface area (Å²) in [5.41, 5.74) is 34.3. The molecule has 0 fully saturated rings. The monoisotopic (exact) mass is 232 g/mol. The van der Waals surface area contributed by atoms with Crippen molar-refractivity contribution in [2.75, 3.05) is 13.1 Å². The van der Waals surface area contributed by atoms with Crippen LogP contribution in [0.5, 0.6) is 0 Å². The van der Waals surface area contributed by atoms with Gasteiger partial charge >= 0.3 is 0 Å². The molecule has 0 spiro atoms. The molecule has 0 aliphatic heterocycles. The Hall–Kier alpha value is -0.240. The van der Waals surface area contributed by atoms with Crippen molar-refractivity contribution in [3.05, 3.63) is 0 Å². The summed E-state index contributed by atoms with van der Waals surface area (Å²) >= 11 is 0. The van der Waals surface area contributed by atoms with Gasteiger partial charge in [-0.15, -0.1) is 0 Å². The molecule has 12 N–H and O–H groups in total. The van der Waals surface area contributed by atoms with Crippen LogP contribution in [-0.4, -0.2) is 37.3 Å². The molecule has 0 aromatic rings. The summed E-state index contributed by atoms with van der Waals surface area (Å²) in [7, 11) is 0. The van der Waals surface area contributed by atoms with Crippen LogP contribution in [0.4, 0.5) is 0 Å². The fourth-order valence-electron chi connectivity index (χ4n) is 1.79. The third kappa shape index (κ3) is 7.98. The first-order valence-electron chi connectivity index (χ1n) is 5.92. The van der Waals surface area contributed by atoms with Gasteiger partial charge in [0.2, 0.25) is 0 Å². The van der Waals surface area contributed by atoms with Crippen LogP contribution < -0.4 is 34.4 Å². The molecule has 4 atom stereocenters. The summed E-state index contributed by atoms with van der Waals surface area (Å²) in [6, 6.07) is 0.0375. The molecule has 98 valence electrons. The molecule has 0 heterocycles. The molecular weight excluding hydrogens is 204 g/mol. The molecule has 0 saturated carbocycles. The molecule has 0 amide bonds. The lowest BCUT2D eigenvalue weighted by Crippen LogP contribution is -2.41. The molecule has 6 nitrogen and oxygen atoms in total. The predicted molar refractivity (Wildman–Crippen MR) is 68.5 cm³/mol. The van der Waals surface area contributed by atoms with Crippen LogP contribution in [0.15, 0.2) is 0 Å².